The SMILES string of the molecule is CCc1cc(Nc2cc(C)nc(C)n2)ncc1-c1ncn[nH]1. The summed E-state index contributed by atoms with van der Waals surface area (Å²) in [4.78, 5) is 17.3. The Balaban J connectivity index is 1.92. The number of aromatic nitrogens is 6. The van der Waals surface area contributed by atoms with Crippen LogP contribution in [-0.2, 0) is 6.42 Å². The minimum Gasteiger partial charge on any atom is -0.325 e. The molecule has 3 heterocycles. The maximum atomic E-state index is 4.44. The van der Waals surface area contributed by atoms with Crippen molar-refractivity contribution in [1.82, 2.24) is 30.1 Å². The zero-order chi connectivity index (χ0) is 15.5. The average Bonchev–Trinajstić information content (AvgIpc) is 3.00. The maximum Gasteiger partial charge on any atom is 0.157 e. The Labute approximate surface area is 128 Å². The highest BCUT2D eigenvalue weighted by Crippen LogP contribution is 2.23. The first kappa shape index (κ1) is 14.1. The molecule has 0 saturated heterocycles. The van der Waals surface area contributed by atoms with Crippen molar-refractivity contribution in [3.63, 3.8) is 0 Å². The summed E-state index contributed by atoms with van der Waals surface area (Å²) in [6.07, 6.45) is 4.16. The van der Waals surface area contributed by atoms with E-state index in [1.54, 1.807) is 6.20 Å². The number of nitrogens with one attached hydrogen (secondary N) is 2. The molecule has 0 radical (unpaired) electrons. The van der Waals surface area contributed by atoms with Crippen LogP contribution in [0.15, 0.2) is 24.7 Å². The zero-order valence-electron chi connectivity index (χ0n) is 12.8. The number of nitrogens with zero attached hydrogens (tertiary/aromatic N) is 5. The number of hydrogen-bond donors (Lipinski definition) is 2. The van der Waals surface area contributed by atoms with E-state index in [-0.39, 0.29) is 0 Å². The van der Waals surface area contributed by atoms with Crippen LogP contribution in [0.5, 0.6) is 0 Å². The molecule has 3 aromatic heterocycles. The molecule has 3 aromatic rings. The largest absolute Gasteiger partial charge is 0.325 e. The summed E-state index contributed by atoms with van der Waals surface area (Å²) in [5, 5.41) is 9.98. The van der Waals surface area contributed by atoms with Gasteiger partial charge in [-0.15, -0.1) is 0 Å². The normalized spacial score (nSPS) is 10.7. The monoisotopic (exact) mass is 295 g/mol. The van der Waals surface area contributed by atoms with Crippen LogP contribution in [0.2, 0.25) is 0 Å². The highest BCUT2D eigenvalue weighted by Gasteiger charge is 2.09. The Hall–Kier alpha value is -2.83. The van der Waals surface area contributed by atoms with Gasteiger partial charge < -0.3 is 5.32 Å². The maximum absolute atomic E-state index is 4.44. The summed E-state index contributed by atoms with van der Waals surface area (Å²) in [5.41, 5.74) is 3.02. The summed E-state index contributed by atoms with van der Waals surface area (Å²) in [5.74, 6) is 2.95. The lowest BCUT2D eigenvalue weighted by Gasteiger charge is -2.10. The fourth-order valence-electron chi connectivity index (χ4n) is 2.32. The van der Waals surface area contributed by atoms with Gasteiger partial charge in [-0.3, -0.25) is 5.10 Å². The molecule has 22 heavy (non-hydrogen) atoms. The van der Waals surface area contributed by atoms with Gasteiger partial charge in [0.05, 0.1) is 0 Å². The fraction of sp³-hybridized carbons (Fsp3) is 0.267. The lowest BCUT2D eigenvalue weighted by molar-refractivity contribution is 1.01. The van der Waals surface area contributed by atoms with E-state index in [4.69, 9.17) is 0 Å². The van der Waals surface area contributed by atoms with E-state index in [2.05, 4.69) is 42.4 Å². The lowest BCUT2D eigenvalue weighted by Crippen LogP contribution is -2.01. The second kappa shape index (κ2) is 5.88. The predicted octanol–water partition coefficient (Wildman–Crippen LogP) is 2.58. The molecule has 0 fully saturated rings. The van der Waals surface area contributed by atoms with Crippen molar-refractivity contribution in [2.24, 2.45) is 0 Å². The van der Waals surface area contributed by atoms with Gasteiger partial charge >= 0.3 is 0 Å². The molecule has 0 aliphatic heterocycles. The third-order valence-corrected chi connectivity index (χ3v) is 3.26. The van der Waals surface area contributed by atoms with Crippen LogP contribution in [0.3, 0.4) is 0 Å². The molecule has 3 rings (SSSR count). The minimum atomic E-state index is 0.727. The number of rotatable bonds is 4. The Morgan fingerprint density at radius 1 is 1.09 bits per heavy atom. The van der Waals surface area contributed by atoms with Crippen molar-refractivity contribution in [1.29, 1.82) is 0 Å². The summed E-state index contributed by atoms with van der Waals surface area (Å²) >= 11 is 0. The molecule has 2 N–H and O–H groups in total. The Kier molecular flexibility index (Phi) is 3.78. The van der Waals surface area contributed by atoms with E-state index in [1.807, 2.05) is 26.0 Å². The molecule has 112 valence electrons. The van der Waals surface area contributed by atoms with Gasteiger partial charge in [-0.1, -0.05) is 6.92 Å². The van der Waals surface area contributed by atoms with E-state index in [9.17, 15) is 0 Å². The van der Waals surface area contributed by atoms with Crippen LogP contribution in [-0.4, -0.2) is 30.1 Å². The molecule has 0 bridgehead atoms. The first-order valence-electron chi connectivity index (χ1n) is 7.09. The van der Waals surface area contributed by atoms with Crippen LogP contribution in [0.4, 0.5) is 11.6 Å². The molecule has 0 atom stereocenters. The number of H-pyrrole nitrogens is 1. The standard InChI is InChI=1S/C15H17N7/c1-4-11-6-13(16-7-12(11)15-17-8-18-22-15)21-14-5-9(2)19-10(3)20-14/h5-8H,4H2,1-3H3,(H,17,18,22)(H,16,19,20,21). The molecular weight excluding hydrogens is 278 g/mol. The number of anilines is 2. The Morgan fingerprint density at radius 2 is 1.95 bits per heavy atom. The average molecular weight is 295 g/mol. The third-order valence-electron chi connectivity index (χ3n) is 3.26. The van der Waals surface area contributed by atoms with Crippen LogP contribution in [0.1, 0.15) is 24.0 Å². The first-order chi connectivity index (χ1) is 10.7. The number of aryl methyl sites for hydroxylation is 3. The molecular formula is C15H17N7. The van der Waals surface area contributed by atoms with Gasteiger partial charge in [-0.2, -0.15) is 5.10 Å². The van der Waals surface area contributed by atoms with Gasteiger partial charge in [0.1, 0.15) is 23.8 Å². The van der Waals surface area contributed by atoms with Gasteiger partial charge in [0.15, 0.2) is 5.82 Å². The molecule has 0 amide bonds. The van der Waals surface area contributed by atoms with Crippen molar-refractivity contribution < 1.29 is 0 Å². The summed E-state index contributed by atoms with van der Waals surface area (Å²) in [6.45, 7) is 5.91. The number of pyridine rings is 1. The summed E-state index contributed by atoms with van der Waals surface area (Å²) in [7, 11) is 0. The Morgan fingerprint density at radius 3 is 2.64 bits per heavy atom. The van der Waals surface area contributed by atoms with Gasteiger partial charge in [0.2, 0.25) is 0 Å². The zero-order valence-corrected chi connectivity index (χ0v) is 12.8. The molecule has 0 aliphatic carbocycles. The molecule has 0 aliphatic rings. The van der Waals surface area contributed by atoms with Crippen molar-refractivity contribution in [3.8, 4) is 11.4 Å². The highest BCUT2D eigenvalue weighted by molar-refractivity contribution is 5.63. The third kappa shape index (κ3) is 2.93. The predicted molar refractivity (Wildman–Crippen MR) is 83.8 cm³/mol. The van der Waals surface area contributed by atoms with Gasteiger partial charge in [-0.25, -0.2) is 19.9 Å². The second-order valence-electron chi connectivity index (χ2n) is 4.98. The number of hydrogen-bond acceptors (Lipinski definition) is 6. The molecule has 7 heteroatoms. The van der Waals surface area contributed by atoms with Crippen LogP contribution >= 0.6 is 0 Å². The first-order valence-corrected chi connectivity index (χ1v) is 7.09. The van der Waals surface area contributed by atoms with E-state index in [0.29, 0.717) is 0 Å². The van der Waals surface area contributed by atoms with Crippen molar-refractivity contribution >= 4 is 11.6 Å². The smallest absolute Gasteiger partial charge is 0.157 e. The van der Waals surface area contributed by atoms with Gasteiger partial charge in [0.25, 0.3) is 0 Å². The summed E-state index contributed by atoms with van der Waals surface area (Å²) < 4.78 is 0. The van der Waals surface area contributed by atoms with Crippen LogP contribution < -0.4 is 5.32 Å². The molecule has 0 spiro atoms. The van der Waals surface area contributed by atoms with E-state index >= 15 is 0 Å². The topological polar surface area (TPSA) is 92.3 Å². The van der Waals surface area contributed by atoms with Crippen molar-refractivity contribution in [2.75, 3.05) is 5.32 Å². The minimum absolute atomic E-state index is 0.727. The molecule has 0 saturated carbocycles. The van der Waals surface area contributed by atoms with E-state index in [0.717, 1.165) is 46.5 Å². The highest BCUT2D eigenvalue weighted by atomic mass is 15.2. The van der Waals surface area contributed by atoms with Gasteiger partial charge in [-0.05, 0) is 31.9 Å². The summed E-state index contributed by atoms with van der Waals surface area (Å²) in [6, 6.07) is 3.90. The fourth-order valence-corrected chi connectivity index (χ4v) is 2.32. The van der Waals surface area contributed by atoms with Crippen molar-refractivity contribution in [2.45, 2.75) is 27.2 Å². The van der Waals surface area contributed by atoms with Crippen LogP contribution in [0, 0.1) is 13.8 Å². The number of aromatic amines is 1. The van der Waals surface area contributed by atoms with Gasteiger partial charge in [0, 0.05) is 23.5 Å². The second-order valence-corrected chi connectivity index (χ2v) is 4.98. The van der Waals surface area contributed by atoms with E-state index < -0.39 is 0 Å². The Bertz CT molecular complexity index is 760. The lowest BCUT2D eigenvalue weighted by atomic mass is 10.1. The quantitative estimate of drug-likeness (QED) is 0.768. The van der Waals surface area contributed by atoms with E-state index in [1.165, 1.54) is 6.33 Å². The molecule has 0 unspecified atom stereocenters. The van der Waals surface area contributed by atoms with Crippen molar-refractivity contribution in [3.05, 3.63) is 41.7 Å². The van der Waals surface area contributed by atoms with Crippen LogP contribution in [0.25, 0.3) is 11.4 Å². The molecule has 0 aromatic carbocycles. The molecule has 7 nitrogen and oxygen atoms in total.